The zero-order valence-electron chi connectivity index (χ0n) is 12.3. The summed E-state index contributed by atoms with van der Waals surface area (Å²) < 4.78 is 0. The molecule has 1 atom stereocenters. The van der Waals surface area contributed by atoms with Crippen LogP contribution in [0.1, 0.15) is 24.1 Å². The molecule has 0 aliphatic carbocycles. The van der Waals surface area contributed by atoms with Gasteiger partial charge in [-0.1, -0.05) is 12.1 Å². The van der Waals surface area contributed by atoms with E-state index in [-0.39, 0.29) is 16.7 Å². The van der Waals surface area contributed by atoms with Crippen molar-refractivity contribution in [2.45, 2.75) is 24.8 Å². The van der Waals surface area contributed by atoms with Gasteiger partial charge in [-0.05, 0) is 49.9 Å². The molecule has 1 unspecified atom stereocenters. The third-order valence-corrected chi connectivity index (χ3v) is 4.14. The van der Waals surface area contributed by atoms with Gasteiger partial charge in [0.15, 0.2) is 0 Å². The first kappa shape index (κ1) is 15.4. The van der Waals surface area contributed by atoms with Crippen LogP contribution >= 0.6 is 11.8 Å². The van der Waals surface area contributed by atoms with Gasteiger partial charge in [0.2, 0.25) is 0 Å². The lowest BCUT2D eigenvalue weighted by Gasteiger charge is -2.16. The zero-order valence-corrected chi connectivity index (χ0v) is 13.1. The molecule has 0 fully saturated rings. The van der Waals surface area contributed by atoms with Gasteiger partial charge in [-0.3, -0.25) is 10.1 Å². The SMILES string of the molecule is CSc1ccc(C(C)Nc2ccc([N+](=O)[O-])c(C)c2)cc1. The van der Waals surface area contributed by atoms with Crippen LogP contribution in [0.15, 0.2) is 47.4 Å². The Kier molecular flexibility index (Phi) is 4.85. The smallest absolute Gasteiger partial charge is 0.272 e. The number of rotatable bonds is 5. The van der Waals surface area contributed by atoms with Gasteiger partial charge in [0.25, 0.3) is 5.69 Å². The highest BCUT2D eigenvalue weighted by Gasteiger charge is 2.11. The van der Waals surface area contributed by atoms with Gasteiger partial charge in [-0.2, -0.15) is 0 Å². The van der Waals surface area contributed by atoms with Gasteiger partial charge in [-0.15, -0.1) is 11.8 Å². The van der Waals surface area contributed by atoms with Crippen molar-refractivity contribution in [3.8, 4) is 0 Å². The van der Waals surface area contributed by atoms with Crippen molar-refractivity contribution < 1.29 is 4.92 Å². The van der Waals surface area contributed by atoms with E-state index in [0.29, 0.717) is 5.56 Å². The first-order valence-corrected chi connectivity index (χ1v) is 7.89. The molecule has 0 spiro atoms. The minimum Gasteiger partial charge on any atom is -0.379 e. The summed E-state index contributed by atoms with van der Waals surface area (Å²) in [6.07, 6.45) is 2.05. The minimum atomic E-state index is -0.357. The Hall–Kier alpha value is -2.01. The maximum atomic E-state index is 10.8. The molecular weight excluding hydrogens is 284 g/mol. The molecule has 21 heavy (non-hydrogen) atoms. The highest BCUT2D eigenvalue weighted by molar-refractivity contribution is 7.98. The van der Waals surface area contributed by atoms with E-state index in [9.17, 15) is 10.1 Å². The molecule has 0 heterocycles. The topological polar surface area (TPSA) is 55.2 Å². The van der Waals surface area contributed by atoms with Crippen LogP contribution in [0.25, 0.3) is 0 Å². The molecule has 110 valence electrons. The second-order valence-corrected chi connectivity index (χ2v) is 5.78. The van der Waals surface area contributed by atoms with E-state index in [0.717, 1.165) is 5.69 Å². The molecule has 0 amide bonds. The van der Waals surface area contributed by atoms with Crippen LogP contribution in [0, 0.1) is 17.0 Å². The Labute approximate surface area is 128 Å². The monoisotopic (exact) mass is 302 g/mol. The average Bonchev–Trinajstić information content (AvgIpc) is 2.47. The molecule has 0 radical (unpaired) electrons. The summed E-state index contributed by atoms with van der Waals surface area (Å²) >= 11 is 1.72. The van der Waals surface area contributed by atoms with E-state index < -0.39 is 0 Å². The lowest BCUT2D eigenvalue weighted by molar-refractivity contribution is -0.385. The number of aryl methyl sites for hydroxylation is 1. The van der Waals surface area contributed by atoms with Gasteiger partial charge < -0.3 is 5.32 Å². The summed E-state index contributed by atoms with van der Waals surface area (Å²) in [5.41, 5.74) is 2.89. The normalized spacial score (nSPS) is 12.0. The van der Waals surface area contributed by atoms with E-state index in [4.69, 9.17) is 0 Å². The van der Waals surface area contributed by atoms with E-state index >= 15 is 0 Å². The molecule has 0 aliphatic heterocycles. The summed E-state index contributed by atoms with van der Waals surface area (Å²) in [7, 11) is 0. The molecule has 0 aliphatic rings. The molecule has 0 saturated carbocycles. The van der Waals surface area contributed by atoms with E-state index in [1.807, 2.05) is 6.07 Å². The van der Waals surface area contributed by atoms with Gasteiger partial charge in [0.05, 0.1) is 4.92 Å². The lowest BCUT2D eigenvalue weighted by Crippen LogP contribution is -2.06. The van der Waals surface area contributed by atoms with Gasteiger partial charge in [0, 0.05) is 28.3 Å². The number of anilines is 1. The summed E-state index contributed by atoms with van der Waals surface area (Å²) in [6.45, 7) is 3.83. The Morgan fingerprint density at radius 3 is 2.38 bits per heavy atom. The average molecular weight is 302 g/mol. The van der Waals surface area contributed by atoms with Crippen molar-refractivity contribution in [1.82, 2.24) is 0 Å². The van der Waals surface area contributed by atoms with Crippen molar-refractivity contribution in [2.24, 2.45) is 0 Å². The molecular formula is C16H18N2O2S. The lowest BCUT2D eigenvalue weighted by atomic mass is 10.1. The molecule has 1 N–H and O–H groups in total. The fourth-order valence-electron chi connectivity index (χ4n) is 2.18. The molecule has 2 aromatic carbocycles. The van der Waals surface area contributed by atoms with Gasteiger partial charge >= 0.3 is 0 Å². The number of nitrogens with one attached hydrogen (secondary N) is 1. The third-order valence-electron chi connectivity index (χ3n) is 3.39. The first-order valence-electron chi connectivity index (χ1n) is 6.67. The molecule has 0 bridgehead atoms. The van der Waals surface area contributed by atoms with Crippen LogP contribution in [0.5, 0.6) is 0 Å². The summed E-state index contributed by atoms with van der Waals surface area (Å²) in [5, 5.41) is 14.2. The van der Waals surface area contributed by atoms with Crippen molar-refractivity contribution in [3.63, 3.8) is 0 Å². The van der Waals surface area contributed by atoms with Crippen molar-refractivity contribution in [1.29, 1.82) is 0 Å². The van der Waals surface area contributed by atoms with Crippen molar-refractivity contribution in [3.05, 3.63) is 63.7 Å². The predicted molar refractivity (Wildman–Crippen MR) is 88.1 cm³/mol. The van der Waals surface area contributed by atoms with Crippen LogP contribution in [-0.2, 0) is 0 Å². The van der Waals surface area contributed by atoms with Crippen LogP contribution < -0.4 is 5.32 Å². The number of nitrogens with zero attached hydrogens (tertiary/aromatic N) is 1. The third kappa shape index (κ3) is 3.76. The van der Waals surface area contributed by atoms with Crippen LogP contribution in [-0.4, -0.2) is 11.2 Å². The quantitative estimate of drug-likeness (QED) is 0.490. The number of benzene rings is 2. The van der Waals surface area contributed by atoms with Crippen LogP contribution in [0.4, 0.5) is 11.4 Å². The summed E-state index contributed by atoms with van der Waals surface area (Å²) in [4.78, 5) is 11.7. The molecule has 5 heteroatoms. The number of hydrogen-bond acceptors (Lipinski definition) is 4. The standard InChI is InChI=1S/C16H18N2O2S/c1-11-10-14(6-9-16(11)18(19)20)17-12(2)13-4-7-15(21-3)8-5-13/h4-10,12,17H,1-3H3. The second-order valence-electron chi connectivity index (χ2n) is 4.90. The number of thioether (sulfide) groups is 1. The summed E-state index contributed by atoms with van der Waals surface area (Å²) in [6, 6.07) is 13.6. The van der Waals surface area contributed by atoms with Gasteiger partial charge in [-0.25, -0.2) is 0 Å². The number of nitro benzene ring substituents is 1. The Bertz CT molecular complexity index is 641. The molecule has 0 saturated heterocycles. The Morgan fingerprint density at radius 2 is 1.86 bits per heavy atom. The Morgan fingerprint density at radius 1 is 1.19 bits per heavy atom. The highest BCUT2D eigenvalue weighted by atomic mass is 32.2. The van der Waals surface area contributed by atoms with E-state index in [2.05, 4.69) is 42.8 Å². The highest BCUT2D eigenvalue weighted by Crippen LogP contribution is 2.26. The maximum Gasteiger partial charge on any atom is 0.272 e. The molecule has 4 nitrogen and oxygen atoms in total. The fraction of sp³-hybridized carbons (Fsp3) is 0.250. The van der Waals surface area contributed by atoms with Crippen LogP contribution in [0.3, 0.4) is 0 Å². The van der Waals surface area contributed by atoms with Crippen LogP contribution in [0.2, 0.25) is 0 Å². The largest absolute Gasteiger partial charge is 0.379 e. The number of nitro groups is 1. The second kappa shape index (κ2) is 6.63. The Balaban J connectivity index is 2.13. The minimum absolute atomic E-state index is 0.141. The first-order chi connectivity index (χ1) is 10.0. The zero-order chi connectivity index (χ0) is 15.4. The van der Waals surface area contributed by atoms with E-state index in [1.54, 1.807) is 30.8 Å². The molecule has 0 aromatic heterocycles. The molecule has 2 aromatic rings. The predicted octanol–water partition coefficient (Wildman–Crippen LogP) is 4.80. The van der Waals surface area contributed by atoms with E-state index in [1.165, 1.54) is 10.5 Å². The summed E-state index contributed by atoms with van der Waals surface area (Å²) in [5.74, 6) is 0. The van der Waals surface area contributed by atoms with Crippen molar-refractivity contribution in [2.75, 3.05) is 11.6 Å². The fourth-order valence-corrected chi connectivity index (χ4v) is 2.58. The van der Waals surface area contributed by atoms with Gasteiger partial charge in [0.1, 0.15) is 0 Å². The molecule has 2 rings (SSSR count). The van der Waals surface area contributed by atoms with Crippen molar-refractivity contribution >= 4 is 23.1 Å². The maximum absolute atomic E-state index is 10.8. The number of hydrogen-bond donors (Lipinski definition) is 1.